The second-order valence-corrected chi connectivity index (χ2v) is 9.52. The minimum absolute atomic E-state index is 0.0495. The predicted octanol–water partition coefficient (Wildman–Crippen LogP) is 5.31. The molecule has 0 saturated carbocycles. The van der Waals surface area contributed by atoms with E-state index in [4.69, 9.17) is 10.5 Å². The highest BCUT2D eigenvalue weighted by atomic mass is 32.1. The molecule has 2 aromatic heterocycles. The lowest BCUT2D eigenvalue weighted by molar-refractivity contribution is -0.105. The summed E-state index contributed by atoms with van der Waals surface area (Å²) in [6.45, 7) is 2.91. The molecular weight excluding hydrogens is 510 g/mol. The highest BCUT2D eigenvalue weighted by Gasteiger charge is 2.18. The molecule has 0 bridgehead atoms. The van der Waals surface area contributed by atoms with Crippen molar-refractivity contribution in [2.45, 2.75) is 20.0 Å². The van der Waals surface area contributed by atoms with Crippen LogP contribution in [0, 0.1) is 18.6 Å². The fourth-order valence-corrected chi connectivity index (χ4v) is 4.75. The Balaban J connectivity index is 0.000000304. The van der Waals surface area contributed by atoms with E-state index in [2.05, 4.69) is 25.7 Å². The Kier molecular flexibility index (Phi) is 10.1. The lowest BCUT2D eigenvalue weighted by atomic mass is 10.1. The van der Waals surface area contributed by atoms with E-state index in [1.54, 1.807) is 23.5 Å². The summed E-state index contributed by atoms with van der Waals surface area (Å²) in [6.07, 6.45) is 0.538. The Labute approximate surface area is 224 Å². The van der Waals surface area contributed by atoms with Crippen molar-refractivity contribution in [1.29, 1.82) is 0 Å². The molecule has 4 rings (SSSR count). The molecule has 2 heterocycles. The van der Waals surface area contributed by atoms with Crippen LogP contribution >= 0.6 is 11.3 Å². The monoisotopic (exact) mass is 540 g/mol. The van der Waals surface area contributed by atoms with Crippen LogP contribution in [0.25, 0.3) is 10.4 Å². The number of carbonyl (C=O) groups excluding carboxylic acids is 1. The maximum atomic E-state index is 13.9. The van der Waals surface area contributed by atoms with Gasteiger partial charge in [0.05, 0.1) is 12.1 Å². The number of nitrogens with zero attached hydrogens (tertiary/aromatic N) is 3. The van der Waals surface area contributed by atoms with Gasteiger partial charge in [-0.05, 0) is 68.0 Å². The van der Waals surface area contributed by atoms with E-state index in [-0.39, 0.29) is 12.1 Å². The third kappa shape index (κ3) is 7.46. The van der Waals surface area contributed by atoms with E-state index in [1.165, 1.54) is 30.9 Å². The van der Waals surface area contributed by atoms with Gasteiger partial charge in [0.25, 0.3) is 0 Å². The molecule has 11 heteroatoms. The number of hydrogen-bond acceptors (Lipinski definition) is 8. The van der Waals surface area contributed by atoms with Crippen LogP contribution in [0.1, 0.15) is 16.7 Å². The highest BCUT2D eigenvalue weighted by Crippen LogP contribution is 2.41. The number of rotatable bonds is 9. The SMILES string of the molecule is COc1ccc(NC=O)nn1.Cc1c(NCc2c(F)cccc2F)sc(-c2ccc(N)cc2)c1CN(C)C. The smallest absolute Gasteiger partial charge is 0.233 e. The van der Waals surface area contributed by atoms with Gasteiger partial charge in [-0.2, -0.15) is 0 Å². The van der Waals surface area contributed by atoms with E-state index in [9.17, 15) is 13.6 Å². The van der Waals surface area contributed by atoms with Crippen molar-refractivity contribution in [3.63, 3.8) is 0 Å². The molecule has 0 saturated heterocycles. The summed E-state index contributed by atoms with van der Waals surface area (Å²) in [4.78, 5) is 13.2. The van der Waals surface area contributed by atoms with Crippen molar-refractivity contribution >= 4 is 34.3 Å². The lowest BCUT2D eigenvalue weighted by Gasteiger charge is -2.12. The van der Waals surface area contributed by atoms with Crippen LogP contribution in [-0.2, 0) is 17.9 Å². The molecule has 0 aliphatic rings. The van der Waals surface area contributed by atoms with Crippen molar-refractivity contribution in [3.8, 4) is 16.3 Å². The molecule has 0 radical (unpaired) electrons. The molecule has 0 atom stereocenters. The van der Waals surface area contributed by atoms with Gasteiger partial charge in [0.1, 0.15) is 11.6 Å². The number of amides is 1. The van der Waals surface area contributed by atoms with Crippen molar-refractivity contribution in [1.82, 2.24) is 15.1 Å². The second-order valence-electron chi connectivity index (χ2n) is 8.50. The molecule has 38 heavy (non-hydrogen) atoms. The van der Waals surface area contributed by atoms with Crippen molar-refractivity contribution in [3.05, 3.63) is 82.9 Å². The third-order valence-electron chi connectivity index (χ3n) is 5.46. The van der Waals surface area contributed by atoms with Crippen LogP contribution in [0.15, 0.2) is 54.6 Å². The number of nitrogens with one attached hydrogen (secondary N) is 2. The highest BCUT2D eigenvalue weighted by molar-refractivity contribution is 7.19. The second kappa shape index (κ2) is 13.5. The summed E-state index contributed by atoms with van der Waals surface area (Å²) >= 11 is 1.59. The van der Waals surface area contributed by atoms with Crippen LogP contribution in [0.5, 0.6) is 5.88 Å². The Morgan fingerprint density at radius 3 is 2.26 bits per heavy atom. The van der Waals surface area contributed by atoms with E-state index in [0.29, 0.717) is 18.1 Å². The van der Waals surface area contributed by atoms with Crippen LogP contribution in [-0.4, -0.2) is 42.7 Å². The number of ether oxygens (including phenoxy) is 1. The number of nitrogens with two attached hydrogens (primary N) is 1. The van der Waals surface area contributed by atoms with E-state index in [1.807, 2.05) is 45.3 Å². The maximum Gasteiger partial charge on any atom is 0.233 e. The molecule has 4 aromatic rings. The van der Waals surface area contributed by atoms with Crippen molar-refractivity contribution in [2.24, 2.45) is 0 Å². The van der Waals surface area contributed by atoms with Crippen molar-refractivity contribution < 1.29 is 18.3 Å². The number of aromatic nitrogens is 2. The van der Waals surface area contributed by atoms with E-state index in [0.717, 1.165) is 33.2 Å². The molecule has 4 N–H and O–H groups in total. The normalized spacial score (nSPS) is 10.5. The number of thiophene rings is 1. The first kappa shape index (κ1) is 28.5. The first-order valence-corrected chi connectivity index (χ1v) is 12.4. The topological polar surface area (TPSA) is 105 Å². The summed E-state index contributed by atoms with van der Waals surface area (Å²) in [5, 5.41) is 13.7. The summed E-state index contributed by atoms with van der Waals surface area (Å²) < 4.78 is 32.6. The van der Waals surface area contributed by atoms with Gasteiger partial charge in [-0.15, -0.1) is 21.5 Å². The molecule has 0 unspecified atom stereocenters. The largest absolute Gasteiger partial charge is 0.480 e. The summed E-state index contributed by atoms with van der Waals surface area (Å²) in [6, 6.07) is 14.9. The number of nitrogen functional groups attached to an aromatic ring is 1. The number of benzene rings is 2. The van der Waals surface area contributed by atoms with Crippen molar-refractivity contribution in [2.75, 3.05) is 37.6 Å². The Morgan fingerprint density at radius 1 is 1.03 bits per heavy atom. The number of hydrogen-bond donors (Lipinski definition) is 3. The van der Waals surface area contributed by atoms with Crippen LogP contribution in [0.4, 0.5) is 25.3 Å². The molecule has 0 aliphatic carbocycles. The molecule has 8 nitrogen and oxygen atoms in total. The Hall–Kier alpha value is -4.09. The number of halogens is 2. The quantitative estimate of drug-likeness (QED) is 0.195. The van der Waals surface area contributed by atoms with Crippen LogP contribution in [0.2, 0.25) is 0 Å². The minimum Gasteiger partial charge on any atom is -0.480 e. The molecule has 1 amide bonds. The first-order chi connectivity index (χ1) is 18.2. The van der Waals surface area contributed by atoms with Gasteiger partial charge in [-0.1, -0.05) is 18.2 Å². The third-order valence-corrected chi connectivity index (χ3v) is 6.80. The Bertz CT molecular complexity index is 1320. The lowest BCUT2D eigenvalue weighted by Crippen LogP contribution is -2.11. The number of methoxy groups -OCH3 is 1. The fraction of sp³-hybridized carbons (Fsp3) is 0.222. The zero-order valence-corrected chi connectivity index (χ0v) is 22.4. The zero-order valence-electron chi connectivity index (χ0n) is 21.6. The van der Waals surface area contributed by atoms with Gasteiger partial charge < -0.3 is 26.0 Å². The number of carbonyl (C=O) groups is 1. The number of anilines is 3. The molecular formula is C27H30F2N6O2S. The van der Waals surface area contributed by atoms with Gasteiger partial charge in [0, 0.05) is 35.3 Å². The van der Waals surface area contributed by atoms with Crippen LogP contribution in [0.3, 0.4) is 0 Å². The maximum absolute atomic E-state index is 13.9. The van der Waals surface area contributed by atoms with Crippen LogP contribution < -0.4 is 21.1 Å². The molecule has 0 spiro atoms. The standard InChI is InChI=1S/C21H23F2N3S.C6H7N3O2/c1-13-17(12-26(2)3)20(14-7-9-15(24)10-8-14)27-21(13)25-11-16-18(22)5-4-6-19(16)23;1-11-6-3-2-5(7-4-10)8-9-6/h4-10,25H,11-12,24H2,1-3H3;2-4H,1H3,(H,7,8,10). The fourth-order valence-electron chi connectivity index (χ4n) is 3.53. The molecule has 2 aromatic carbocycles. The van der Waals surface area contributed by atoms with E-state index < -0.39 is 11.6 Å². The predicted molar refractivity (Wildman–Crippen MR) is 148 cm³/mol. The van der Waals surface area contributed by atoms with Gasteiger partial charge in [0.15, 0.2) is 5.82 Å². The summed E-state index contributed by atoms with van der Waals surface area (Å²) in [5.74, 6) is -0.254. The zero-order chi connectivity index (χ0) is 27.7. The van der Waals surface area contributed by atoms with Gasteiger partial charge in [-0.3, -0.25) is 4.79 Å². The minimum atomic E-state index is -0.538. The average Bonchev–Trinajstić information content (AvgIpc) is 3.19. The van der Waals surface area contributed by atoms with Gasteiger partial charge in [0.2, 0.25) is 12.3 Å². The van der Waals surface area contributed by atoms with Gasteiger partial charge in [-0.25, -0.2) is 8.78 Å². The molecule has 0 fully saturated rings. The summed E-state index contributed by atoms with van der Waals surface area (Å²) in [5.41, 5.74) is 9.96. The average molecular weight is 541 g/mol. The van der Waals surface area contributed by atoms with Gasteiger partial charge >= 0.3 is 0 Å². The summed E-state index contributed by atoms with van der Waals surface area (Å²) in [7, 11) is 5.54. The molecule has 0 aliphatic heterocycles. The first-order valence-electron chi connectivity index (χ1n) is 11.6. The molecule has 200 valence electrons. The van der Waals surface area contributed by atoms with E-state index >= 15 is 0 Å². The Morgan fingerprint density at radius 2 is 1.71 bits per heavy atom.